The van der Waals surface area contributed by atoms with Crippen LogP contribution in [-0.4, -0.2) is 21.0 Å². The highest BCUT2D eigenvalue weighted by Crippen LogP contribution is 2.18. The lowest BCUT2D eigenvalue weighted by atomic mass is 10.5. The third kappa shape index (κ3) is 3.26. The molecule has 0 aliphatic heterocycles. The molecule has 3 nitrogen and oxygen atoms in total. The summed E-state index contributed by atoms with van der Waals surface area (Å²) in [5, 5.41) is 0.542. The van der Waals surface area contributed by atoms with Crippen LogP contribution in [0.5, 0.6) is 0 Å². The van der Waals surface area contributed by atoms with Crippen molar-refractivity contribution in [3.8, 4) is 0 Å². The van der Waals surface area contributed by atoms with Crippen molar-refractivity contribution in [3.05, 3.63) is 10.8 Å². The SMILES string of the molecule is NCCCSCc1nsnc1Cl. The van der Waals surface area contributed by atoms with Crippen molar-refractivity contribution < 1.29 is 0 Å². The molecule has 0 saturated carbocycles. The Labute approximate surface area is 85.0 Å². The van der Waals surface area contributed by atoms with Crippen molar-refractivity contribution in [1.29, 1.82) is 0 Å². The van der Waals surface area contributed by atoms with Crippen LogP contribution in [0.4, 0.5) is 0 Å². The molecule has 2 N–H and O–H groups in total. The third-order valence-electron chi connectivity index (χ3n) is 1.24. The molecule has 0 aromatic carbocycles. The maximum Gasteiger partial charge on any atom is 0.166 e. The van der Waals surface area contributed by atoms with Gasteiger partial charge in [0.05, 0.1) is 11.7 Å². The van der Waals surface area contributed by atoms with E-state index in [2.05, 4.69) is 8.75 Å². The minimum Gasteiger partial charge on any atom is -0.330 e. The summed E-state index contributed by atoms with van der Waals surface area (Å²) in [6.45, 7) is 0.746. The van der Waals surface area contributed by atoms with E-state index in [1.54, 1.807) is 11.8 Å². The monoisotopic (exact) mass is 223 g/mol. The van der Waals surface area contributed by atoms with E-state index in [1.807, 2.05) is 0 Å². The van der Waals surface area contributed by atoms with Crippen molar-refractivity contribution >= 4 is 35.1 Å². The van der Waals surface area contributed by atoms with Crippen LogP contribution in [0.2, 0.25) is 5.15 Å². The van der Waals surface area contributed by atoms with Gasteiger partial charge in [-0.1, -0.05) is 11.6 Å². The molecule has 1 heterocycles. The molecule has 0 spiro atoms. The lowest BCUT2D eigenvalue weighted by Crippen LogP contribution is -1.99. The van der Waals surface area contributed by atoms with E-state index in [1.165, 1.54) is 0 Å². The summed E-state index contributed by atoms with van der Waals surface area (Å²) in [5.74, 6) is 1.90. The van der Waals surface area contributed by atoms with Gasteiger partial charge in [-0.05, 0) is 18.7 Å². The molecule has 0 atom stereocenters. The second kappa shape index (κ2) is 5.75. The highest BCUT2D eigenvalue weighted by atomic mass is 35.5. The van der Waals surface area contributed by atoms with Crippen LogP contribution in [0, 0.1) is 0 Å². The minimum atomic E-state index is 0.542. The lowest BCUT2D eigenvalue weighted by molar-refractivity contribution is 0.942. The molecular formula is C6H10ClN3S2. The van der Waals surface area contributed by atoms with Gasteiger partial charge in [-0.3, -0.25) is 0 Å². The van der Waals surface area contributed by atoms with E-state index in [4.69, 9.17) is 17.3 Å². The zero-order valence-electron chi connectivity index (χ0n) is 6.49. The van der Waals surface area contributed by atoms with Crippen LogP contribution in [0.1, 0.15) is 12.1 Å². The molecule has 0 bridgehead atoms. The first-order valence-electron chi connectivity index (χ1n) is 3.59. The molecule has 0 aliphatic carbocycles. The van der Waals surface area contributed by atoms with Gasteiger partial charge >= 0.3 is 0 Å². The molecule has 0 radical (unpaired) electrons. The third-order valence-corrected chi connectivity index (χ3v) is 3.27. The molecule has 0 amide bonds. The van der Waals surface area contributed by atoms with Crippen LogP contribution in [0.25, 0.3) is 0 Å². The highest BCUT2D eigenvalue weighted by Gasteiger charge is 2.03. The minimum absolute atomic E-state index is 0.542. The van der Waals surface area contributed by atoms with Gasteiger partial charge in [-0.15, -0.1) is 0 Å². The van der Waals surface area contributed by atoms with E-state index in [0.717, 1.165) is 41.9 Å². The summed E-state index contributed by atoms with van der Waals surface area (Å²) in [5.41, 5.74) is 6.24. The number of halogens is 1. The maximum absolute atomic E-state index is 5.75. The molecule has 1 aromatic rings. The van der Waals surface area contributed by atoms with E-state index in [0.29, 0.717) is 5.15 Å². The normalized spacial score (nSPS) is 10.5. The fourth-order valence-corrected chi connectivity index (χ4v) is 2.43. The van der Waals surface area contributed by atoms with Gasteiger partial charge in [0.2, 0.25) is 0 Å². The number of aromatic nitrogens is 2. The van der Waals surface area contributed by atoms with Gasteiger partial charge in [-0.25, -0.2) is 0 Å². The molecule has 6 heteroatoms. The second-order valence-electron chi connectivity index (χ2n) is 2.20. The maximum atomic E-state index is 5.75. The van der Waals surface area contributed by atoms with Crippen LogP contribution >= 0.6 is 35.1 Å². The lowest BCUT2D eigenvalue weighted by Gasteiger charge is -1.96. The molecule has 12 heavy (non-hydrogen) atoms. The van der Waals surface area contributed by atoms with Crippen molar-refractivity contribution in [2.24, 2.45) is 5.73 Å². The summed E-state index contributed by atoms with van der Waals surface area (Å²) < 4.78 is 7.93. The topological polar surface area (TPSA) is 51.8 Å². The van der Waals surface area contributed by atoms with Crippen molar-refractivity contribution in [1.82, 2.24) is 8.75 Å². The van der Waals surface area contributed by atoms with Gasteiger partial charge < -0.3 is 5.73 Å². The Morgan fingerprint density at radius 1 is 1.50 bits per heavy atom. The predicted molar refractivity (Wildman–Crippen MR) is 54.8 cm³/mol. The zero-order chi connectivity index (χ0) is 8.81. The fraction of sp³-hybridized carbons (Fsp3) is 0.667. The number of rotatable bonds is 5. The molecule has 0 fully saturated rings. The van der Waals surface area contributed by atoms with Crippen LogP contribution in [-0.2, 0) is 5.75 Å². The quantitative estimate of drug-likeness (QED) is 0.774. The molecule has 1 aromatic heterocycles. The first-order valence-corrected chi connectivity index (χ1v) is 5.85. The highest BCUT2D eigenvalue weighted by molar-refractivity contribution is 7.98. The molecule has 0 aliphatic rings. The van der Waals surface area contributed by atoms with Gasteiger partial charge in [0.1, 0.15) is 5.69 Å². The Balaban J connectivity index is 2.20. The first kappa shape index (κ1) is 10.2. The molecular weight excluding hydrogens is 214 g/mol. The largest absolute Gasteiger partial charge is 0.330 e. The summed E-state index contributed by atoms with van der Waals surface area (Å²) in [7, 11) is 0. The van der Waals surface area contributed by atoms with Gasteiger partial charge in [-0.2, -0.15) is 20.5 Å². The zero-order valence-corrected chi connectivity index (χ0v) is 8.88. The van der Waals surface area contributed by atoms with E-state index < -0.39 is 0 Å². The number of hydrogen-bond donors (Lipinski definition) is 1. The van der Waals surface area contributed by atoms with Gasteiger partial charge in [0, 0.05) is 5.75 Å². The summed E-state index contributed by atoms with van der Waals surface area (Å²) >= 11 is 8.70. The van der Waals surface area contributed by atoms with Crippen molar-refractivity contribution in [3.63, 3.8) is 0 Å². The second-order valence-corrected chi connectivity index (χ2v) is 4.19. The summed E-state index contributed by atoms with van der Waals surface area (Å²) in [4.78, 5) is 0. The Morgan fingerprint density at radius 3 is 2.92 bits per heavy atom. The molecule has 1 rings (SSSR count). The van der Waals surface area contributed by atoms with Gasteiger partial charge in [0.15, 0.2) is 5.15 Å². The summed E-state index contributed by atoms with van der Waals surface area (Å²) in [6.07, 6.45) is 1.04. The number of hydrogen-bond acceptors (Lipinski definition) is 5. The van der Waals surface area contributed by atoms with Crippen LogP contribution in [0.15, 0.2) is 0 Å². The van der Waals surface area contributed by atoms with E-state index >= 15 is 0 Å². The average molecular weight is 224 g/mol. The molecule has 68 valence electrons. The molecule has 0 unspecified atom stereocenters. The average Bonchev–Trinajstić information content (AvgIpc) is 2.46. The number of thioether (sulfide) groups is 1. The summed E-state index contributed by atoms with van der Waals surface area (Å²) in [6, 6.07) is 0. The van der Waals surface area contributed by atoms with Crippen molar-refractivity contribution in [2.75, 3.05) is 12.3 Å². The Morgan fingerprint density at radius 2 is 2.33 bits per heavy atom. The van der Waals surface area contributed by atoms with Crippen LogP contribution < -0.4 is 5.73 Å². The Hall–Kier alpha value is 0.160. The Kier molecular flexibility index (Phi) is 4.90. The molecule has 0 saturated heterocycles. The predicted octanol–water partition coefficient (Wildman–Crippen LogP) is 1.77. The first-order chi connectivity index (χ1) is 5.84. The smallest absolute Gasteiger partial charge is 0.166 e. The number of nitrogens with zero attached hydrogens (tertiary/aromatic N) is 2. The standard InChI is InChI=1S/C6H10ClN3S2/c7-6-5(9-12-10-6)4-11-3-1-2-8/h1-4,8H2. The van der Waals surface area contributed by atoms with Crippen LogP contribution in [0.3, 0.4) is 0 Å². The van der Waals surface area contributed by atoms with E-state index in [9.17, 15) is 0 Å². The van der Waals surface area contributed by atoms with Gasteiger partial charge in [0.25, 0.3) is 0 Å². The Bertz CT molecular complexity index is 228. The number of nitrogens with two attached hydrogens (primary N) is 1. The van der Waals surface area contributed by atoms with E-state index in [-0.39, 0.29) is 0 Å². The van der Waals surface area contributed by atoms with Crippen molar-refractivity contribution in [2.45, 2.75) is 12.2 Å². The fourth-order valence-electron chi connectivity index (χ4n) is 0.636.